The SMILES string of the molecule is C1=CC2=CNC3(CCCCC3)N2C=C1. The zero-order valence-electron chi connectivity index (χ0n) is 8.37. The molecule has 2 heterocycles. The second-order valence-corrected chi connectivity index (χ2v) is 4.38. The highest BCUT2D eigenvalue weighted by atomic mass is 15.4. The molecule has 1 fully saturated rings. The Hall–Kier alpha value is -1.18. The van der Waals surface area contributed by atoms with Gasteiger partial charge in [-0.1, -0.05) is 12.5 Å². The fraction of sp³-hybridized carbons (Fsp3) is 0.500. The van der Waals surface area contributed by atoms with E-state index in [4.69, 9.17) is 0 Å². The Balaban J connectivity index is 1.90. The normalized spacial score (nSPS) is 27.4. The maximum absolute atomic E-state index is 3.58. The van der Waals surface area contributed by atoms with Crippen LogP contribution in [0.4, 0.5) is 0 Å². The zero-order chi connectivity index (χ0) is 9.43. The van der Waals surface area contributed by atoms with E-state index in [0.29, 0.717) is 0 Å². The van der Waals surface area contributed by atoms with Crippen molar-refractivity contribution in [1.29, 1.82) is 0 Å². The monoisotopic (exact) mass is 188 g/mol. The second-order valence-electron chi connectivity index (χ2n) is 4.38. The van der Waals surface area contributed by atoms with Gasteiger partial charge in [-0.3, -0.25) is 0 Å². The summed E-state index contributed by atoms with van der Waals surface area (Å²) >= 11 is 0. The molecule has 0 unspecified atom stereocenters. The third kappa shape index (κ3) is 1.03. The summed E-state index contributed by atoms with van der Waals surface area (Å²) in [6.45, 7) is 0. The van der Waals surface area contributed by atoms with Crippen LogP contribution in [0.1, 0.15) is 32.1 Å². The first-order valence-electron chi connectivity index (χ1n) is 5.53. The average Bonchev–Trinajstić information content (AvgIpc) is 2.60. The molecule has 0 aromatic rings. The Labute approximate surface area is 85.0 Å². The molecular formula is C12H16N2. The van der Waals surface area contributed by atoms with Gasteiger partial charge in [0, 0.05) is 12.4 Å². The summed E-state index contributed by atoms with van der Waals surface area (Å²) < 4.78 is 0. The molecule has 0 radical (unpaired) electrons. The summed E-state index contributed by atoms with van der Waals surface area (Å²) in [6, 6.07) is 0. The molecule has 2 heteroatoms. The third-order valence-electron chi connectivity index (χ3n) is 3.52. The number of hydrogen-bond donors (Lipinski definition) is 1. The zero-order valence-corrected chi connectivity index (χ0v) is 8.37. The fourth-order valence-electron chi connectivity index (χ4n) is 2.76. The van der Waals surface area contributed by atoms with Crippen molar-refractivity contribution in [3.8, 4) is 0 Å². The minimum Gasteiger partial charge on any atom is -0.367 e. The predicted octanol–water partition coefficient (Wildman–Crippen LogP) is 2.48. The van der Waals surface area contributed by atoms with Gasteiger partial charge in [0.2, 0.25) is 0 Å². The summed E-state index contributed by atoms with van der Waals surface area (Å²) in [6.07, 6.45) is 17.4. The number of hydrogen-bond acceptors (Lipinski definition) is 2. The lowest BCUT2D eigenvalue weighted by atomic mass is 9.88. The smallest absolute Gasteiger partial charge is 0.114 e. The van der Waals surface area contributed by atoms with Crippen LogP contribution in [0, 0.1) is 0 Å². The van der Waals surface area contributed by atoms with E-state index in [1.807, 2.05) is 0 Å². The molecule has 74 valence electrons. The highest BCUT2D eigenvalue weighted by Crippen LogP contribution is 2.38. The van der Waals surface area contributed by atoms with E-state index >= 15 is 0 Å². The molecule has 2 nitrogen and oxygen atoms in total. The molecular weight excluding hydrogens is 172 g/mol. The Bertz CT molecular complexity index is 319. The van der Waals surface area contributed by atoms with E-state index < -0.39 is 0 Å². The van der Waals surface area contributed by atoms with E-state index in [9.17, 15) is 0 Å². The molecule has 2 aliphatic heterocycles. The van der Waals surface area contributed by atoms with E-state index in [0.717, 1.165) is 0 Å². The summed E-state index contributed by atoms with van der Waals surface area (Å²) in [7, 11) is 0. The Morgan fingerprint density at radius 2 is 2.00 bits per heavy atom. The van der Waals surface area contributed by atoms with Crippen LogP contribution >= 0.6 is 0 Å². The fourth-order valence-corrected chi connectivity index (χ4v) is 2.76. The van der Waals surface area contributed by atoms with Crippen molar-refractivity contribution in [2.75, 3.05) is 0 Å². The van der Waals surface area contributed by atoms with E-state index in [1.54, 1.807) is 0 Å². The van der Waals surface area contributed by atoms with Gasteiger partial charge in [-0.2, -0.15) is 0 Å². The van der Waals surface area contributed by atoms with Crippen LogP contribution in [0.15, 0.2) is 36.3 Å². The van der Waals surface area contributed by atoms with E-state index in [2.05, 4.69) is 40.8 Å². The number of allylic oxidation sites excluding steroid dienone is 3. The minimum atomic E-state index is 0.217. The van der Waals surface area contributed by atoms with Crippen LogP contribution in [-0.2, 0) is 0 Å². The number of nitrogens with zero attached hydrogens (tertiary/aromatic N) is 1. The second kappa shape index (κ2) is 2.91. The van der Waals surface area contributed by atoms with Gasteiger partial charge in [0.1, 0.15) is 5.66 Å². The van der Waals surface area contributed by atoms with Crippen molar-refractivity contribution in [2.45, 2.75) is 37.8 Å². The molecule has 3 rings (SSSR count). The van der Waals surface area contributed by atoms with Crippen molar-refractivity contribution in [2.24, 2.45) is 0 Å². The maximum Gasteiger partial charge on any atom is 0.114 e. The van der Waals surface area contributed by atoms with Gasteiger partial charge in [-0.05, 0) is 37.8 Å². The third-order valence-corrected chi connectivity index (χ3v) is 3.52. The molecule has 0 saturated heterocycles. The van der Waals surface area contributed by atoms with Crippen LogP contribution in [0.5, 0.6) is 0 Å². The van der Waals surface area contributed by atoms with Gasteiger partial charge in [-0.15, -0.1) is 0 Å². The van der Waals surface area contributed by atoms with Crippen molar-refractivity contribution in [1.82, 2.24) is 10.2 Å². The summed E-state index contributed by atoms with van der Waals surface area (Å²) in [5.41, 5.74) is 1.53. The Kier molecular flexibility index (Phi) is 1.69. The molecule has 0 aromatic heterocycles. The van der Waals surface area contributed by atoms with Crippen molar-refractivity contribution >= 4 is 0 Å². The molecule has 0 aromatic carbocycles. The topological polar surface area (TPSA) is 15.3 Å². The minimum absolute atomic E-state index is 0.217. The molecule has 0 bridgehead atoms. The van der Waals surface area contributed by atoms with Crippen LogP contribution in [0.3, 0.4) is 0 Å². The average molecular weight is 188 g/mol. The van der Waals surface area contributed by atoms with Gasteiger partial charge in [0.05, 0.1) is 5.70 Å². The molecule has 14 heavy (non-hydrogen) atoms. The molecule has 1 N–H and O–H groups in total. The maximum atomic E-state index is 3.58. The lowest BCUT2D eigenvalue weighted by Gasteiger charge is -2.42. The van der Waals surface area contributed by atoms with Gasteiger partial charge in [-0.25, -0.2) is 0 Å². The van der Waals surface area contributed by atoms with Gasteiger partial charge < -0.3 is 10.2 Å². The lowest BCUT2D eigenvalue weighted by molar-refractivity contribution is 0.127. The van der Waals surface area contributed by atoms with Crippen LogP contribution in [0.2, 0.25) is 0 Å². The standard InChI is InChI=1S/C12H16N2/c1-3-7-12(8-4-1)13-10-11-6-2-5-9-14(11)12/h2,5-6,9-10,13H,1,3-4,7-8H2. The number of fused-ring (bicyclic) bond motifs is 2. The first-order chi connectivity index (χ1) is 6.91. The Morgan fingerprint density at radius 1 is 1.14 bits per heavy atom. The first kappa shape index (κ1) is 8.16. The molecule has 3 aliphatic rings. The summed E-state index contributed by atoms with van der Waals surface area (Å²) in [5, 5.41) is 3.58. The highest BCUT2D eigenvalue weighted by molar-refractivity contribution is 5.33. The Morgan fingerprint density at radius 3 is 2.86 bits per heavy atom. The van der Waals surface area contributed by atoms with Gasteiger partial charge in [0.25, 0.3) is 0 Å². The molecule has 0 atom stereocenters. The van der Waals surface area contributed by atoms with E-state index in [-0.39, 0.29) is 5.66 Å². The van der Waals surface area contributed by atoms with E-state index in [1.165, 1.54) is 37.8 Å². The first-order valence-corrected chi connectivity index (χ1v) is 5.53. The van der Waals surface area contributed by atoms with Gasteiger partial charge >= 0.3 is 0 Å². The quantitative estimate of drug-likeness (QED) is 0.628. The number of nitrogens with one attached hydrogen (secondary N) is 1. The lowest BCUT2D eigenvalue weighted by Crippen LogP contribution is -2.51. The number of rotatable bonds is 0. The van der Waals surface area contributed by atoms with Gasteiger partial charge in [0.15, 0.2) is 0 Å². The van der Waals surface area contributed by atoms with Crippen molar-refractivity contribution < 1.29 is 0 Å². The summed E-state index contributed by atoms with van der Waals surface area (Å²) in [4.78, 5) is 2.41. The van der Waals surface area contributed by atoms with Crippen molar-refractivity contribution in [3.63, 3.8) is 0 Å². The highest BCUT2D eigenvalue weighted by Gasteiger charge is 2.40. The summed E-state index contributed by atoms with van der Waals surface area (Å²) in [5.74, 6) is 0. The van der Waals surface area contributed by atoms with Crippen LogP contribution in [-0.4, -0.2) is 10.6 Å². The van der Waals surface area contributed by atoms with Crippen LogP contribution < -0.4 is 5.32 Å². The molecule has 1 spiro atoms. The van der Waals surface area contributed by atoms with Crippen molar-refractivity contribution in [3.05, 3.63) is 36.3 Å². The molecule has 1 saturated carbocycles. The largest absolute Gasteiger partial charge is 0.367 e. The molecule has 1 aliphatic carbocycles. The van der Waals surface area contributed by atoms with Crippen LogP contribution in [0.25, 0.3) is 0 Å². The predicted molar refractivity (Wildman–Crippen MR) is 57.2 cm³/mol. The molecule has 0 amide bonds.